The fourth-order valence-electron chi connectivity index (χ4n) is 2.05. The number of hydrogen-bond donors (Lipinski definition) is 0. The maximum Gasteiger partial charge on any atom is 0.389 e. The minimum absolute atomic E-state index is 0.0134. The zero-order valence-electron chi connectivity index (χ0n) is 14.8. The minimum Gasteiger partial charge on any atom is -0.494 e. The van der Waals surface area contributed by atoms with E-state index in [0.717, 1.165) is 11.1 Å². The Bertz CT molecular complexity index is 798. The third kappa shape index (κ3) is 7.87. The average molecular weight is 376 g/mol. The van der Waals surface area contributed by atoms with E-state index in [9.17, 15) is 18.0 Å². The van der Waals surface area contributed by atoms with Gasteiger partial charge in [-0.2, -0.15) is 13.2 Å². The van der Waals surface area contributed by atoms with E-state index in [1.165, 1.54) is 0 Å². The smallest absolute Gasteiger partial charge is 0.389 e. The summed E-state index contributed by atoms with van der Waals surface area (Å²) < 4.78 is 46.6. The number of rotatable bonds is 6. The number of carbonyl (C=O) groups excluding carboxylic acids is 1. The molecule has 0 aliphatic heterocycles. The highest BCUT2D eigenvalue weighted by molar-refractivity contribution is 5.71. The van der Waals surface area contributed by atoms with Gasteiger partial charge in [-0.3, -0.25) is 4.79 Å². The van der Waals surface area contributed by atoms with Crippen LogP contribution in [0.4, 0.5) is 13.2 Å². The molecule has 2 aromatic carbocycles. The summed E-state index contributed by atoms with van der Waals surface area (Å²) in [4.78, 5) is 11.2. The second-order valence-electron chi connectivity index (χ2n) is 5.69. The van der Waals surface area contributed by atoms with E-state index < -0.39 is 12.6 Å². The van der Waals surface area contributed by atoms with Crippen molar-refractivity contribution >= 4 is 5.97 Å². The molecule has 0 aliphatic carbocycles. The Morgan fingerprint density at radius 1 is 0.926 bits per heavy atom. The molecule has 2 aromatic rings. The first-order valence-corrected chi connectivity index (χ1v) is 8.48. The van der Waals surface area contributed by atoms with Crippen LogP contribution in [0.1, 0.15) is 37.3 Å². The van der Waals surface area contributed by atoms with Crippen LogP contribution in [0.5, 0.6) is 11.5 Å². The van der Waals surface area contributed by atoms with E-state index in [4.69, 9.17) is 9.47 Å². The molecule has 0 atom stereocenters. The number of benzene rings is 2. The highest BCUT2D eigenvalue weighted by Gasteiger charge is 2.26. The standard InChI is InChI=1S/C21H19F3O3/c1-2-20(25)27-19-12-8-17(9-13-19)5-4-16-6-10-18(11-7-16)26-15-3-14-21(22,23)24/h6-13H,2-3,14-15H2,1H3. The number of alkyl halides is 3. The number of halogens is 3. The van der Waals surface area contributed by atoms with Crippen molar-refractivity contribution in [1.29, 1.82) is 0 Å². The molecule has 0 amide bonds. The molecule has 6 heteroatoms. The molecule has 0 saturated carbocycles. The Kier molecular flexibility index (Phi) is 7.30. The lowest BCUT2D eigenvalue weighted by molar-refractivity contribution is -0.136. The van der Waals surface area contributed by atoms with Gasteiger partial charge < -0.3 is 9.47 Å². The van der Waals surface area contributed by atoms with Crippen LogP contribution in [0.2, 0.25) is 0 Å². The predicted octanol–water partition coefficient (Wildman–Crippen LogP) is 5.12. The number of ether oxygens (including phenoxy) is 2. The van der Waals surface area contributed by atoms with Crippen molar-refractivity contribution in [3.8, 4) is 23.3 Å². The van der Waals surface area contributed by atoms with Crippen molar-refractivity contribution < 1.29 is 27.4 Å². The fourth-order valence-corrected chi connectivity index (χ4v) is 2.05. The van der Waals surface area contributed by atoms with E-state index in [-0.39, 0.29) is 19.0 Å². The highest BCUT2D eigenvalue weighted by atomic mass is 19.4. The van der Waals surface area contributed by atoms with Crippen LogP contribution < -0.4 is 9.47 Å². The first-order valence-electron chi connectivity index (χ1n) is 8.48. The zero-order valence-corrected chi connectivity index (χ0v) is 14.8. The van der Waals surface area contributed by atoms with Gasteiger partial charge in [0, 0.05) is 24.0 Å². The van der Waals surface area contributed by atoms with E-state index in [2.05, 4.69) is 11.8 Å². The number of hydrogen-bond acceptors (Lipinski definition) is 3. The molecule has 27 heavy (non-hydrogen) atoms. The van der Waals surface area contributed by atoms with Gasteiger partial charge in [0.05, 0.1) is 6.61 Å². The molecule has 0 aliphatic rings. The first-order chi connectivity index (χ1) is 12.9. The SMILES string of the molecule is CCC(=O)Oc1ccc(C#Cc2ccc(OCCCC(F)(F)F)cc2)cc1. The van der Waals surface area contributed by atoms with Crippen LogP contribution in [-0.4, -0.2) is 18.8 Å². The normalized spacial score (nSPS) is 10.7. The molecule has 0 fully saturated rings. The Hall–Kier alpha value is -2.94. The van der Waals surface area contributed by atoms with Crippen molar-refractivity contribution in [2.45, 2.75) is 32.4 Å². The van der Waals surface area contributed by atoms with E-state index >= 15 is 0 Å². The molecule has 0 radical (unpaired) electrons. The third-order valence-electron chi connectivity index (χ3n) is 3.45. The quantitative estimate of drug-likeness (QED) is 0.304. The highest BCUT2D eigenvalue weighted by Crippen LogP contribution is 2.21. The van der Waals surface area contributed by atoms with Gasteiger partial charge in [0.2, 0.25) is 0 Å². The molecule has 0 bridgehead atoms. The van der Waals surface area contributed by atoms with Crippen LogP contribution in [0.15, 0.2) is 48.5 Å². The topological polar surface area (TPSA) is 35.5 Å². The van der Waals surface area contributed by atoms with Crippen molar-refractivity contribution in [2.75, 3.05) is 6.61 Å². The summed E-state index contributed by atoms with van der Waals surface area (Å²) in [6.07, 6.45) is -4.77. The first kappa shape index (κ1) is 20.4. The Labute approximate surface area is 156 Å². The van der Waals surface area contributed by atoms with Gasteiger partial charge in [-0.1, -0.05) is 18.8 Å². The molecule has 0 N–H and O–H groups in total. The van der Waals surface area contributed by atoms with Gasteiger partial charge >= 0.3 is 12.1 Å². The summed E-state index contributed by atoms with van der Waals surface area (Å²) in [6.45, 7) is 1.74. The predicted molar refractivity (Wildman–Crippen MR) is 95.6 cm³/mol. The lowest BCUT2D eigenvalue weighted by Crippen LogP contribution is -2.09. The second kappa shape index (κ2) is 9.67. The largest absolute Gasteiger partial charge is 0.494 e. The van der Waals surface area contributed by atoms with Crippen molar-refractivity contribution in [2.24, 2.45) is 0 Å². The lowest BCUT2D eigenvalue weighted by Gasteiger charge is -2.08. The monoisotopic (exact) mass is 376 g/mol. The molecule has 0 heterocycles. The van der Waals surface area contributed by atoms with Gasteiger partial charge in [0.25, 0.3) is 0 Å². The summed E-state index contributed by atoms with van der Waals surface area (Å²) in [5, 5.41) is 0. The zero-order chi connectivity index (χ0) is 19.7. The van der Waals surface area contributed by atoms with Crippen molar-refractivity contribution in [3.05, 3.63) is 59.7 Å². The van der Waals surface area contributed by atoms with E-state index in [0.29, 0.717) is 17.9 Å². The fraction of sp³-hybridized carbons (Fsp3) is 0.286. The van der Waals surface area contributed by atoms with E-state index in [1.54, 1.807) is 55.5 Å². The molecule has 0 aromatic heterocycles. The third-order valence-corrected chi connectivity index (χ3v) is 3.45. The Balaban J connectivity index is 1.87. The molecule has 2 rings (SSSR count). The van der Waals surface area contributed by atoms with Gasteiger partial charge in [-0.15, -0.1) is 0 Å². The Morgan fingerprint density at radius 2 is 1.44 bits per heavy atom. The molecule has 0 unspecified atom stereocenters. The minimum atomic E-state index is -4.15. The van der Waals surface area contributed by atoms with Gasteiger partial charge in [0.1, 0.15) is 11.5 Å². The van der Waals surface area contributed by atoms with E-state index in [1.807, 2.05) is 0 Å². The van der Waals surface area contributed by atoms with Crippen LogP contribution >= 0.6 is 0 Å². The number of esters is 1. The molecule has 3 nitrogen and oxygen atoms in total. The molecular weight excluding hydrogens is 357 g/mol. The summed E-state index contributed by atoms with van der Waals surface area (Å²) >= 11 is 0. The molecular formula is C21H19F3O3. The maximum absolute atomic E-state index is 12.1. The van der Waals surface area contributed by atoms with Crippen molar-refractivity contribution in [3.63, 3.8) is 0 Å². The molecule has 142 valence electrons. The summed E-state index contributed by atoms with van der Waals surface area (Å²) in [5.41, 5.74) is 1.51. The summed E-state index contributed by atoms with van der Waals surface area (Å²) in [7, 11) is 0. The lowest BCUT2D eigenvalue weighted by atomic mass is 10.2. The second-order valence-corrected chi connectivity index (χ2v) is 5.69. The van der Waals surface area contributed by atoms with Gasteiger partial charge in [-0.05, 0) is 55.0 Å². The number of carbonyl (C=O) groups is 1. The van der Waals surface area contributed by atoms with Gasteiger partial charge in [-0.25, -0.2) is 0 Å². The summed E-state index contributed by atoms with van der Waals surface area (Å²) in [5.74, 6) is 6.65. The molecule has 0 spiro atoms. The van der Waals surface area contributed by atoms with Crippen LogP contribution in [0.25, 0.3) is 0 Å². The molecule has 0 saturated heterocycles. The van der Waals surface area contributed by atoms with Crippen molar-refractivity contribution in [1.82, 2.24) is 0 Å². The van der Waals surface area contributed by atoms with Gasteiger partial charge in [0.15, 0.2) is 0 Å². The van der Waals surface area contributed by atoms with Crippen LogP contribution in [0, 0.1) is 11.8 Å². The van der Waals surface area contributed by atoms with Crippen LogP contribution in [-0.2, 0) is 4.79 Å². The average Bonchev–Trinajstić information content (AvgIpc) is 2.65. The van der Waals surface area contributed by atoms with Crippen LogP contribution in [0.3, 0.4) is 0 Å². The maximum atomic E-state index is 12.1. The Morgan fingerprint density at radius 3 is 1.93 bits per heavy atom. The summed E-state index contributed by atoms with van der Waals surface area (Å²) in [6, 6.07) is 13.7.